The quantitative estimate of drug-likeness (QED) is 0.101. The Kier molecular flexibility index (Phi) is 7.34. The lowest BCUT2D eigenvalue weighted by molar-refractivity contribution is 0.469. The van der Waals surface area contributed by atoms with Gasteiger partial charge in [0.1, 0.15) is 25.1 Å². The first kappa shape index (κ1) is 31.8. The van der Waals surface area contributed by atoms with Crippen molar-refractivity contribution < 1.29 is 15.3 Å². The van der Waals surface area contributed by atoms with E-state index in [2.05, 4.69) is 94.4 Å². The van der Waals surface area contributed by atoms with Crippen molar-refractivity contribution in [2.45, 2.75) is 54.4 Å². The smallest absolute Gasteiger partial charge is 0.144 e. The summed E-state index contributed by atoms with van der Waals surface area (Å²) in [4.78, 5) is 0. The fourth-order valence-corrected chi connectivity index (χ4v) is 8.44. The van der Waals surface area contributed by atoms with Crippen molar-refractivity contribution in [1.29, 1.82) is 0 Å². The van der Waals surface area contributed by atoms with Crippen LogP contribution in [-0.4, -0.2) is 23.2 Å². The van der Waals surface area contributed by atoms with Gasteiger partial charge in [-0.2, -0.15) is 0 Å². The molecule has 0 spiro atoms. The van der Waals surface area contributed by atoms with Crippen LogP contribution >= 0.6 is 0 Å². The van der Waals surface area contributed by atoms with E-state index in [1.54, 1.807) is 12.1 Å². The number of hydrogen-bond acceptors (Lipinski definition) is 3. The topological polar surface area (TPSA) is 60.7 Å². The summed E-state index contributed by atoms with van der Waals surface area (Å²) in [6.45, 7) is 12.6. The van der Waals surface area contributed by atoms with E-state index in [9.17, 15) is 15.3 Å². The molecule has 0 radical (unpaired) electrons. The molecule has 0 heterocycles. The first-order valence-electron chi connectivity index (χ1n) is 17.5. The van der Waals surface area contributed by atoms with Crippen molar-refractivity contribution >= 4 is 51.7 Å². The van der Waals surface area contributed by atoms with Gasteiger partial charge in [-0.3, -0.25) is 0 Å². The van der Waals surface area contributed by atoms with Gasteiger partial charge in [-0.25, -0.2) is 0 Å². The summed E-state index contributed by atoms with van der Waals surface area (Å²) in [6, 6.07) is 25.2. The Bertz CT molecular complexity index is 2560. The zero-order valence-corrected chi connectivity index (χ0v) is 29.8. The zero-order valence-electron chi connectivity index (χ0n) is 29.8. The van der Waals surface area contributed by atoms with Crippen LogP contribution in [0.5, 0.6) is 17.2 Å². The van der Waals surface area contributed by atoms with Crippen LogP contribution in [0.1, 0.15) is 50.9 Å². The van der Waals surface area contributed by atoms with Gasteiger partial charge in [0, 0.05) is 21.9 Å². The number of benzene rings is 7. The lowest BCUT2D eigenvalue weighted by Gasteiger charge is -2.27. The normalized spacial score (nSPS) is 12.7. The van der Waals surface area contributed by atoms with Crippen molar-refractivity contribution in [3.8, 4) is 50.6 Å². The van der Waals surface area contributed by atoms with Gasteiger partial charge in [-0.05, 0) is 160 Å². The van der Waals surface area contributed by atoms with E-state index in [0.717, 1.165) is 73.3 Å². The highest BCUT2D eigenvalue weighted by Crippen LogP contribution is 2.54. The lowest BCUT2D eigenvalue weighted by Crippen LogP contribution is -2.10. The van der Waals surface area contributed by atoms with Crippen LogP contribution in [0.4, 0.5) is 0 Å². The van der Waals surface area contributed by atoms with Gasteiger partial charge >= 0.3 is 0 Å². The van der Waals surface area contributed by atoms with Crippen LogP contribution in [0, 0.1) is 41.5 Å². The molecule has 0 unspecified atom stereocenters. The molecule has 7 aromatic carbocycles. The second kappa shape index (κ2) is 11.6. The Balaban J connectivity index is 1.60. The van der Waals surface area contributed by atoms with Gasteiger partial charge in [0.25, 0.3) is 0 Å². The molecule has 8 rings (SSSR count). The van der Waals surface area contributed by atoms with Crippen LogP contribution in [0.3, 0.4) is 0 Å². The van der Waals surface area contributed by atoms with Crippen LogP contribution in [0.25, 0.3) is 71.8 Å². The third-order valence-corrected chi connectivity index (χ3v) is 11.7. The lowest BCUT2D eigenvalue weighted by atomic mass is 9.76. The van der Waals surface area contributed by atoms with Gasteiger partial charge in [-0.15, -0.1) is 0 Å². The number of phenols is 3. The molecule has 3 N–H and O–H groups in total. The van der Waals surface area contributed by atoms with Crippen molar-refractivity contribution in [3.05, 3.63) is 123 Å². The number of fused-ring (bicyclic) bond motifs is 4. The first-order valence-corrected chi connectivity index (χ1v) is 17.5. The predicted molar refractivity (Wildman–Crippen MR) is 214 cm³/mol. The number of hydrogen-bond donors (Lipinski definition) is 3. The molecule has 0 atom stereocenters. The summed E-state index contributed by atoms with van der Waals surface area (Å²) in [5.41, 5.74) is 15.5. The molecule has 0 saturated heterocycles. The van der Waals surface area contributed by atoms with E-state index in [-0.39, 0.29) is 17.2 Å². The van der Waals surface area contributed by atoms with E-state index in [1.807, 2.05) is 27.8 Å². The molecular weight excluding hydrogens is 611 g/mol. The minimum Gasteiger partial charge on any atom is -0.508 e. The molecule has 0 amide bonds. The van der Waals surface area contributed by atoms with Crippen LogP contribution < -0.4 is 5.46 Å². The number of allylic oxidation sites excluding steroid dienone is 1. The minimum atomic E-state index is 0.149. The number of aryl methyl sites for hydroxylation is 4. The molecule has 0 bridgehead atoms. The van der Waals surface area contributed by atoms with Gasteiger partial charge in [0.2, 0.25) is 0 Å². The van der Waals surface area contributed by atoms with E-state index in [0.29, 0.717) is 21.8 Å². The average Bonchev–Trinajstić information content (AvgIpc) is 3.13. The van der Waals surface area contributed by atoms with Gasteiger partial charge in [0.05, 0.1) is 0 Å². The van der Waals surface area contributed by atoms with Crippen molar-refractivity contribution in [1.82, 2.24) is 0 Å². The SMILES string of the molecule is Bc1c(C)c(O)c2c(-c3cc(O)ccc3C)c3c(C)c(C)c(C)c(C)c3c(-c3cccc4c(-c5ccc6c(c5)CCC=C6)cccc34)c2c1O. The summed E-state index contributed by atoms with van der Waals surface area (Å²) < 4.78 is 0. The highest BCUT2D eigenvalue weighted by Gasteiger charge is 2.29. The maximum atomic E-state index is 12.3. The molecule has 0 saturated carbocycles. The largest absolute Gasteiger partial charge is 0.508 e. The Morgan fingerprint density at radius 1 is 0.560 bits per heavy atom. The van der Waals surface area contributed by atoms with E-state index >= 15 is 0 Å². The summed E-state index contributed by atoms with van der Waals surface area (Å²) in [6.07, 6.45) is 6.57. The molecular formula is C46H41BO3. The monoisotopic (exact) mass is 652 g/mol. The van der Waals surface area contributed by atoms with E-state index in [1.165, 1.54) is 33.4 Å². The van der Waals surface area contributed by atoms with Gasteiger partial charge < -0.3 is 15.3 Å². The standard InChI is InChI=1S/C46H41BO3/c1-23-17-20-32(48)22-37(23)41-39-27(5)25(3)24(2)26(4)38(39)40(43-42(41)45(49)28(6)44(47)46(43)50)36-16-10-14-34-33(13-9-15-35(34)36)31-19-18-29-11-7-8-12-30(29)21-31/h7,9-11,13-22,48-50H,8,12,47H2,1-6H3. The summed E-state index contributed by atoms with van der Waals surface area (Å²) >= 11 is 0. The Morgan fingerprint density at radius 3 is 1.88 bits per heavy atom. The van der Waals surface area contributed by atoms with E-state index in [4.69, 9.17) is 0 Å². The molecule has 4 heteroatoms. The van der Waals surface area contributed by atoms with Crippen LogP contribution in [-0.2, 0) is 6.42 Å². The first-order chi connectivity index (χ1) is 24.0. The molecule has 3 nitrogen and oxygen atoms in total. The molecule has 246 valence electrons. The second-order valence-electron chi connectivity index (χ2n) is 14.3. The predicted octanol–water partition coefficient (Wildman–Crippen LogP) is 10.3. The second-order valence-corrected chi connectivity index (χ2v) is 14.3. The maximum absolute atomic E-state index is 12.3. The summed E-state index contributed by atoms with van der Waals surface area (Å²) in [5, 5.41) is 40.8. The number of rotatable bonds is 3. The van der Waals surface area contributed by atoms with E-state index < -0.39 is 0 Å². The van der Waals surface area contributed by atoms with Crippen LogP contribution in [0.2, 0.25) is 0 Å². The van der Waals surface area contributed by atoms with Gasteiger partial charge in [-0.1, -0.05) is 72.8 Å². The fraction of sp³-hybridized carbons (Fsp3) is 0.174. The molecule has 0 aromatic heterocycles. The molecule has 1 aliphatic rings. The minimum absolute atomic E-state index is 0.149. The average molecular weight is 653 g/mol. The molecule has 0 aliphatic heterocycles. The fourth-order valence-electron chi connectivity index (χ4n) is 8.44. The third-order valence-electron chi connectivity index (χ3n) is 11.7. The summed E-state index contributed by atoms with van der Waals surface area (Å²) in [5.74, 6) is 0.467. The Labute approximate surface area is 294 Å². The number of aromatic hydroxyl groups is 3. The van der Waals surface area contributed by atoms with Gasteiger partial charge in [0.15, 0.2) is 0 Å². The van der Waals surface area contributed by atoms with Crippen molar-refractivity contribution in [2.75, 3.05) is 0 Å². The Morgan fingerprint density at radius 2 is 1.18 bits per heavy atom. The van der Waals surface area contributed by atoms with Crippen LogP contribution in [0.15, 0.2) is 78.9 Å². The molecule has 0 fully saturated rings. The zero-order chi connectivity index (χ0) is 35.2. The Hall–Kier alpha value is -5.48. The van der Waals surface area contributed by atoms with Crippen molar-refractivity contribution in [3.63, 3.8) is 0 Å². The highest BCUT2D eigenvalue weighted by atomic mass is 16.3. The molecule has 50 heavy (non-hydrogen) atoms. The third kappa shape index (κ3) is 4.51. The maximum Gasteiger partial charge on any atom is 0.144 e. The molecule has 7 aromatic rings. The summed E-state index contributed by atoms with van der Waals surface area (Å²) in [7, 11) is 1.88. The number of phenolic OH excluding ortho intramolecular Hbond substituents is 3. The highest BCUT2D eigenvalue weighted by molar-refractivity contribution is 6.40. The van der Waals surface area contributed by atoms with Crippen molar-refractivity contribution in [2.24, 2.45) is 0 Å². The molecule has 1 aliphatic carbocycles.